The summed E-state index contributed by atoms with van der Waals surface area (Å²) in [5.41, 5.74) is 0. The van der Waals surface area contributed by atoms with E-state index in [0.717, 1.165) is 38.5 Å². The van der Waals surface area contributed by atoms with Crippen LogP contribution in [0.3, 0.4) is 0 Å². The van der Waals surface area contributed by atoms with Gasteiger partial charge in [0.05, 0.1) is 25.4 Å². The Hall–Kier alpha value is -1.40. The quantitative estimate of drug-likeness (QED) is 0.0320. The average molecular weight is 1230 g/mol. The van der Waals surface area contributed by atoms with Crippen LogP contribution in [0.4, 0.5) is 0 Å². The van der Waals surface area contributed by atoms with Crippen molar-refractivity contribution in [1.29, 1.82) is 0 Å². The fourth-order valence-electron chi connectivity index (χ4n) is 13.2. The number of aliphatic hydroxyl groups excluding tert-OH is 2. The van der Waals surface area contributed by atoms with Crippen LogP contribution in [0.5, 0.6) is 0 Å². The summed E-state index contributed by atoms with van der Waals surface area (Å²) < 4.78 is 5.52. The number of unbranched alkanes of at least 4 members (excludes halogenated alkanes) is 64. The molecule has 87 heavy (non-hydrogen) atoms. The van der Waals surface area contributed by atoms with Gasteiger partial charge in [0.2, 0.25) is 5.91 Å². The molecule has 0 spiro atoms. The summed E-state index contributed by atoms with van der Waals surface area (Å²) in [4.78, 5) is 24.6. The Balaban J connectivity index is 3.30. The SMILES string of the molecule is CCCCCCCCCCCCCCCCCCCCCC(=O)OCCCCCCCCCCCCCCCCCC/C=C\CCCCCCCCCCCCCCCCCCCC(=O)NC(CO)C(O)CCCCCCCCCCCCCCCC. The summed E-state index contributed by atoms with van der Waals surface area (Å²) >= 11 is 0. The van der Waals surface area contributed by atoms with Gasteiger partial charge in [0, 0.05) is 12.8 Å². The fraction of sp³-hybridized carbons (Fsp3) is 0.951. The molecule has 0 aromatic heterocycles. The second kappa shape index (κ2) is 77.1. The van der Waals surface area contributed by atoms with E-state index < -0.39 is 12.1 Å². The van der Waals surface area contributed by atoms with Crippen LogP contribution >= 0.6 is 0 Å². The van der Waals surface area contributed by atoms with Crippen molar-refractivity contribution < 1.29 is 24.5 Å². The van der Waals surface area contributed by atoms with E-state index in [4.69, 9.17) is 4.74 Å². The third-order valence-electron chi connectivity index (χ3n) is 19.3. The third-order valence-corrected chi connectivity index (χ3v) is 19.3. The van der Waals surface area contributed by atoms with E-state index in [2.05, 4.69) is 31.3 Å². The molecule has 0 aliphatic carbocycles. The number of rotatable bonds is 77. The molecule has 0 aliphatic rings. The molecule has 0 aromatic carbocycles. The lowest BCUT2D eigenvalue weighted by Crippen LogP contribution is -2.45. The summed E-state index contributed by atoms with van der Waals surface area (Å²) in [5, 5.41) is 23.3. The van der Waals surface area contributed by atoms with Crippen molar-refractivity contribution in [2.24, 2.45) is 0 Å². The van der Waals surface area contributed by atoms with Gasteiger partial charge < -0.3 is 20.3 Å². The molecule has 0 bridgehead atoms. The molecular weight excluding hydrogens is 1070 g/mol. The zero-order valence-corrected chi connectivity index (χ0v) is 59.5. The zero-order chi connectivity index (χ0) is 62.8. The summed E-state index contributed by atoms with van der Waals surface area (Å²) in [6.07, 6.45) is 97.5. The van der Waals surface area contributed by atoms with Gasteiger partial charge in [-0.05, 0) is 51.4 Å². The van der Waals surface area contributed by atoms with E-state index in [0.29, 0.717) is 25.9 Å². The van der Waals surface area contributed by atoms with Crippen LogP contribution in [0.15, 0.2) is 12.2 Å². The number of esters is 1. The maximum Gasteiger partial charge on any atom is 0.305 e. The predicted molar refractivity (Wildman–Crippen MR) is 384 cm³/mol. The Morgan fingerprint density at radius 2 is 0.540 bits per heavy atom. The summed E-state index contributed by atoms with van der Waals surface area (Å²) in [6.45, 7) is 5.01. The monoisotopic (exact) mass is 1230 g/mol. The van der Waals surface area contributed by atoms with Gasteiger partial charge >= 0.3 is 5.97 Å². The first kappa shape index (κ1) is 85.6. The Morgan fingerprint density at radius 3 is 0.816 bits per heavy atom. The standard InChI is InChI=1S/C81H159NO5/c1-3-5-7-9-11-13-15-17-19-20-40-44-47-51-55-59-63-67-71-75-81(86)87-76-72-68-64-60-56-52-48-45-42-39-37-35-33-31-29-27-25-23-21-22-24-26-28-30-32-34-36-38-41-43-46-50-54-58-62-66-70-74-80(85)82-78(77-83)79(84)73-69-65-61-57-53-49-18-16-14-12-10-8-6-4-2/h21,23,78-79,83-84H,3-20,22,24-77H2,1-2H3,(H,82,85)/b23-21-. The van der Waals surface area contributed by atoms with E-state index in [1.165, 1.54) is 398 Å². The Morgan fingerprint density at radius 1 is 0.310 bits per heavy atom. The van der Waals surface area contributed by atoms with Crippen LogP contribution in [-0.4, -0.2) is 47.4 Å². The highest BCUT2D eigenvalue weighted by Crippen LogP contribution is 2.20. The topological polar surface area (TPSA) is 95.9 Å². The van der Waals surface area contributed by atoms with Crippen LogP contribution in [0, 0.1) is 0 Å². The van der Waals surface area contributed by atoms with Crippen LogP contribution in [0.2, 0.25) is 0 Å². The predicted octanol–water partition coefficient (Wildman–Crippen LogP) is 26.7. The van der Waals surface area contributed by atoms with Gasteiger partial charge in [-0.1, -0.05) is 418 Å². The number of hydrogen-bond acceptors (Lipinski definition) is 5. The van der Waals surface area contributed by atoms with Gasteiger partial charge in [-0.2, -0.15) is 0 Å². The number of ether oxygens (including phenoxy) is 1. The summed E-state index contributed by atoms with van der Waals surface area (Å²) in [6, 6.07) is -0.537. The molecule has 0 saturated heterocycles. The molecule has 2 unspecified atom stereocenters. The van der Waals surface area contributed by atoms with Crippen molar-refractivity contribution in [3.63, 3.8) is 0 Å². The van der Waals surface area contributed by atoms with E-state index in [1.807, 2.05) is 0 Å². The number of hydrogen-bond donors (Lipinski definition) is 3. The maximum atomic E-state index is 12.5. The molecule has 0 radical (unpaired) electrons. The highest BCUT2D eigenvalue weighted by atomic mass is 16.5. The molecular formula is C81H159NO5. The second-order valence-electron chi connectivity index (χ2n) is 28.1. The van der Waals surface area contributed by atoms with E-state index >= 15 is 0 Å². The first-order valence-electron chi connectivity index (χ1n) is 40.4. The van der Waals surface area contributed by atoms with Crippen molar-refractivity contribution in [1.82, 2.24) is 5.32 Å². The normalized spacial score (nSPS) is 12.5. The lowest BCUT2D eigenvalue weighted by molar-refractivity contribution is -0.143. The number of aliphatic hydroxyl groups is 2. The largest absolute Gasteiger partial charge is 0.466 e. The first-order valence-corrected chi connectivity index (χ1v) is 40.4. The van der Waals surface area contributed by atoms with Crippen molar-refractivity contribution in [2.75, 3.05) is 13.2 Å². The molecule has 518 valence electrons. The first-order chi connectivity index (χ1) is 43.0. The van der Waals surface area contributed by atoms with Gasteiger partial charge in [-0.15, -0.1) is 0 Å². The molecule has 6 nitrogen and oxygen atoms in total. The number of nitrogens with one attached hydrogen (secondary N) is 1. The Kier molecular flexibility index (Phi) is 75.8. The molecule has 3 N–H and O–H groups in total. The van der Waals surface area contributed by atoms with Crippen LogP contribution < -0.4 is 5.32 Å². The fourth-order valence-corrected chi connectivity index (χ4v) is 13.2. The molecule has 0 aliphatic heterocycles. The van der Waals surface area contributed by atoms with Crippen molar-refractivity contribution in [3.05, 3.63) is 12.2 Å². The minimum Gasteiger partial charge on any atom is -0.466 e. The zero-order valence-electron chi connectivity index (χ0n) is 59.5. The maximum absolute atomic E-state index is 12.5. The smallest absolute Gasteiger partial charge is 0.305 e. The Labute approximate surface area is 546 Å². The van der Waals surface area contributed by atoms with Crippen LogP contribution in [-0.2, 0) is 14.3 Å². The molecule has 2 atom stereocenters. The van der Waals surface area contributed by atoms with Gasteiger partial charge in [0.1, 0.15) is 0 Å². The number of allylic oxidation sites excluding steroid dienone is 2. The number of amides is 1. The van der Waals surface area contributed by atoms with E-state index in [1.54, 1.807) is 0 Å². The third kappa shape index (κ3) is 73.5. The van der Waals surface area contributed by atoms with Gasteiger partial charge in [-0.25, -0.2) is 0 Å². The number of carbonyl (C=O) groups excluding carboxylic acids is 2. The van der Waals surface area contributed by atoms with Crippen molar-refractivity contribution in [2.45, 2.75) is 482 Å². The second-order valence-corrected chi connectivity index (χ2v) is 28.1. The lowest BCUT2D eigenvalue weighted by Gasteiger charge is -2.22. The summed E-state index contributed by atoms with van der Waals surface area (Å²) in [7, 11) is 0. The minimum atomic E-state index is -0.660. The van der Waals surface area contributed by atoms with Crippen LogP contribution in [0.25, 0.3) is 0 Å². The minimum absolute atomic E-state index is 0.0275. The summed E-state index contributed by atoms with van der Waals surface area (Å²) in [5.74, 6) is 0.0000280. The van der Waals surface area contributed by atoms with E-state index in [9.17, 15) is 19.8 Å². The van der Waals surface area contributed by atoms with E-state index in [-0.39, 0.29) is 18.5 Å². The molecule has 6 heteroatoms. The molecule has 0 rings (SSSR count). The van der Waals surface area contributed by atoms with Gasteiger partial charge in [0.25, 0.3) is 0 Å². The Bertz CT molecular complexity index is 1320. The molecule has 0 saturated carbocycles. The number of carbonyl (C=O) groups is 2. The molecule has 1 amide bonds. The lowest BCUT2D eigenvalue weighted by atomic mass is 10.0. The van der Waals surface area contributed by atoms with Crippen molar-refractivity contribution in [3.8, 4) is 0 Å². The highest BCUT2D eigenvalue weighted by molar-refractivity contribution is 5.76. The molecule has 0 heterocycles. The molecule has 0 aromatic rings. The molecule has 0 fully saturated rings. The average Bonchev–Trinajstić information content (AvgIpc) is 3.53. The van der Waals surface area contributed by atoms with Crippen molar-refractivity contribution >= 4 is 11.9 Å². The highest BCUT2D eigenvalue weighted by Gasteiger charge is 2.20. The van der Waals surface area contributed by atoms with Gasteiger partial charge in [-0.3, -0.25) is 9.59 Å². The van der Waals surface area contributed by atoms with Crippen LogP contribution in [0.1, 0.15) is 470 Å². The van der Waals surface area contributed by atoms with Gasteiger partial charge in [0.15, 0.2) is 0 Å².